The largest absolute Gasteiger partial charge is 0.508 e. The molecule has 0 fully saturated rings. The number of hydrogen-bond acceptors (Lipinski definition) is 3. The Morgan fingerprint density at radius 1 is 1.16 bits per heavy atom. The highest BCUT2D eigenvalue weighted by atomic mass is 32.1. The van der Waals surface area contributed by atoms with Gasteiger partial charge in [0, 0.05) is 16.3 Å². The van der Waals surface area contributed by atoms with E-state index in [1.54, 1.807) is 23.5 Å². The van der Waals surface area contributed by atoms with Crippen molar-refractivity contribution in [2.24, 2.45) is 0 Å². The SMILES string of the molecule is O=C(C[n+]1ccc2sccc2c1)c1ccc(O)cc1. The smallest absolute Gasteiger partial charge is 0.227 e. The summed E-state index contributed by atoms with van der Waals surface area (Å²) in [5, 5.41) is 12.4. The molecule has 0 unspecified atom stereocenters. The van der Waals surface area contributed by atoms with Gasteiger partial charge in [-0.1, -0.05) is 0 Å². The first-order valence-electron chi connectivity index (χ1n) is 5.91. The van der Waals surface area contributed by atoms with Crippen molar-refractivity contribution >= 4 is 27.2 Å². The van der Waals surface area contributed by atoms with Gasteiger partial charge in [0.1, 0.15) is 5.75 Å². The van der Waals surface area contributed by atoms with E-state index in [1.165, 1.54) is 16.8 Å². The molecule has 3 aromatic rings. The molecule has 0 radical (unpaired) electrons. The summed E-state index contributed by atoms with van der Waals surface area (Å²) in [5.41, 5.74) is 0.607. The van der Waals surface area contributed by atoms with Gasteiger partial charge in [-0.2, -0.15) is 4.57 Å². The Balaban J connectivity index is 1.83. The Bertz CT molecular complexity index is 731. The van der Waals surface area contributed by atoms with Crippen LogP contribution in [0, 0.1) is 0 Å². The van der Waals surface area contributed by atoms with Crippen LogP contribution in [0.15, 0.2) is 54.2 Å². The van der Waals surface area contributed by atoms with Crippen molar-refractivity contribution in [1.82, 2.24) is 0 Å². The predicted molar refractivity (Wildman–Crippen MR) is 74.5 cm³/mol. The summed E-state index contributed by atoms with van der Waals surface area (Å²) in [4.78, 5) is 12.1. The number of phenolic OH excluding ortho intramolecular Hbond substituents is 1. The molecule has 0 amide bonds. The Kier molecular flexibility index (Phi) is 3.01. The molecule has 0 bridgehead atoms. The molecule has 0 aliphatic rings. The summed E-state index contributed by atoms with van der Waals surface area (Å²) >= 11 is 1.69. The van der Waals surface area contributed by atoms with E-state index in [1.807, 2.05) is 34.5 Å². The lowest BCUT2D eigenvalue weighted by atomic mass is 10.1. The molecule has 0 atom stereocenters. The first-order valence-corrected chi connectivity index (χ1v) is 6.79. The third-order valence-corrected chi connectivity index (χ3v) is 3.86. The minimum absolute atomic E-state index is 0.0274. The molecule has 0 saturated carbocycles. The monoisotopic (exact) mass is 270 g/mol. The third kappa shape index (κ3) is 2.48. The molecule has 0 spiro atoms. The fourth-order valence-electron chi connectivity index (χ4n) is 1.96. The second-order valence-electron chi connectivity index (χ2n) is 4.33. The highest BCUT2D eigenvalue weighted by molar-refractivity contribution is 7.17. The summed E-state index contributed by atoms with van der Waals surface area (Å²) in [6.45, 7) is 0.302. The van der Waals surface area contributed by atoms with Crippen LogP contribution in [0.3, 0.4) is 0 Å². The molecule has 1 aromatic carbocycles. The van der Waals surface area contributed by atoms with Gasteiger partial charge >= 0.3 is 0 Å². The molecule has 4 heteroatoms. The van der Waals surface area contributed by atoms with Gasteiger partial charge in [-0.15, -0.1) is 11.3 Å². The molecule has 0 saturated heterocycles. The quantitative estimate of drug-likeness (QED) is 0.587. The van der Waals surface area contributed by atoms with Crippen molar-refractivity contribution < 1.29 is 14.5 Å². The molecular formula is C15H12NO2S+. The molecule has 94 valence electrons. The van der Waals surface area contributed by atoms with E-state index in [2.05, 4.69) is 0 Å². The second-order valence-corrected chi connectivity index (χ2v) is 5.28. The second kappa shape index (κ2) is 4.82. The number of ketones is 1. The average molecular weight is 270 g/mol. The zero-order chi connectivity index (χ0) is 13.2. The fraction of sp³-hybridized carbons (Fsp3) is 0.0667. The molecule has 2 heterocycles. The Hall–Kier alpha value is -2.20. The Morgan fingerprint density at radius 3 is 2.74 bits per heavy atom. The zero-order valence-electron chi connectivity index (χ0n) is 10.1. The lowest BCUT2D eigenvalue weighted by Crippen LogP contribution is -2.36. The molecule has 0 aliphatic heterocycles. The molecule has 3 nitrogen and oxygen atoms in total. The number of carbonyl (C=O) groups excluding carboxylic acids is 1. The van der Waals surface area contributed by atoms with Crippen LogP contribution in [0.2, 0.25) is 0 Å². The molecule has 2 aromatic heterocycles. The van der Waals surface area contributed by atoms with E-state index in [0.29, 0.717) is 12.1 Å². The molecule has 0 aliphatic carbocycles. The van der Waals surface area contributed by atoms with Crippen molar-refractivity contribution in [1.29, 1.82) is 0 Å². The first kappa shape index (κ1) is 11.9. The third-order valence-electron chi connectivity index (χ3n) is 2.96. The normalized spacial score (nSPS) is 10.7. The van der Waals surface area contributed by atoms with Gasteiger partial charge in [-0.3, -0.25) is 4.79 Å². The number of benzene rings is 1. The van der Waals surface area contributed by atoms with Gasteiger partial charge in [0.05, 0.1) is 5.39 Å². The number of pyridine rings is 1. The van der Waals surface area contributed by atoms with Crippen LogP contribution in [0.5, 0.6) is 5.75 Å². The number of thiophene rings is 1. The summed E-state index contributed by atoms with van der Waals surface area (Å²) in [5.74, 6) is 0.198. The Morgan fingerprint density at radius 2 is 1.95 bits per heavy atom. The summed E-state index contributed by atoms with van der Waals surface area (Å²) < 4.78 is 3.10. The maximum atomic E-state index is 12.1. The number of phenols is 1. The van der Waals surface area contributed by atoms with E-state index in [4.69, 9.17) is 0 Å². The lowest BCUT2D eigenvalue weighted by molar-refractivity contribution is -0.681. The summed E-state index contributed by atoms with van der Waals surface area (Å²) in [6.07, 6.45) is 3.89. The van der Waals surface area contributed by atoms with Crippen LogP contribution in [0.25, 0.3) is 10.1 Å². The number of hydrogen-bond donors (Lipinski definition) is 1. The number of aromatic hydroxyl groups is 1. The van der Waals surface area contributed by atoms with E-state index in [9.17, 15) is 9.90 Å². The molecule has 3 rings (SSSR count). The standard InChI is InChI=1S/C15H11NO2S/c17-13-3-1-11(2-4-13)14(18)10-16-7-5-15-12(9-16)6-8-19-15/h1-9H,10H2/p+1. The van der Waals surface area contributed by atoms with Crippen molar-refractivity contribution in [2.75, 3.05) is 0 Å². The molecule has 1 N–H and O–H groups in total. The number of Topliss-reactive ketones (excluding diaryl/α,β-unsaturated/α-hetero) is 1. The molecule has 19 heavy (non-hydrogen) atoms. The van der Waals surface area contributed by atoms with E-state index >= 15 is 0 Å². The lowest BCUT2D eigenvalue weighted by Gasteiger charge is -1.99. The summed E-state index contributed by atoms with van der Waals surface area (Å²) in [6, 6.07) is 10.4. The number of aromatic nitrogens is 1. The number of nitrogens with zero attached hydrogens (tertiary/aromatic N) is 1. The highest BCUT2D eigenvalue weighted by Gasteiger charge is 2.12. The van der Waals surface area contributed by atoms with Gasteiger partial charge in [0.2, 0.25) is 12.3 Å². The fourth-order valence-corrected chi connectivity index (χ4v) is 2.72. The average Bonchev–Trinajstić information content (AvgIpc) is 2.87. The number of fused-ring (bicyclic) bond motifs is 1. The van der Waals surface area contributed by atoms with Crippen LogP contribution >= 0.6 is 11.3 Å². The van der Waals surface area contributed by atoms with Crippen LogP contribution in [0.1, 0.15) is 10.4 Å². The van der Waals surface area contributed by atoms with Crippen molar-refractivity contribution in [2.45, 2.75) is 6.54 Å². The maximum Gasteiger partial charge on any atom is 0.227 e. The van der Waals surface area contributed by atoms with Crippen molar-refractivity contribution in [3.63, 3.8) is 0 Å². The van der Waals surface area contributed by atoms with Gasteiger partial charge in [-0.25, -0.2) is 0 Å². The number of rotatable bonds is 3. The Labute approximate surface area is 114 Å². The maximum absolute atomic E-state index is 12.1. The minimum atomic E-state index is 0.0274. The highest BCUT2D eigenvalue weighted by Crippen LogP contribution is 2.17. The topological polar surface area (TPSA) is 41.2 Å². The predicted octanol–water partition coefficient (Wildman–Crippen LogP) is 2.78. The zero-order valence-corrected chi connectivity index (χ0v) is 10.9. The van der Waals surface area contributed by atoms with Gasteiger partial charge in [0.25, 0.3) is 0 Å². The van der Waals surface area contributed by atoms with Gasteiger partial charge in [-0.05, 0) is 35.7 Å². The van der Waals surface area contributed by atoms with Crippen molar-refractivity contribution in [3.05, 3.63) is 59.7 Å². The van der Waals surface area contributed by atoms with Crippen LogP contribution < -0.4 is 4.57 Å². The minimum Gasteiger partial charge on any atom is -0.508 e. The van der Waals surface area contributed by atoms with Gasteiger partial charge < -0.3 is 5.11 Å². The van der Waals surface area contributed by atoms with Gasteiger partial charge in [0.15, 0.2) is 12.4 Å². The summed E-state index contributed by atoms with van der Waals surface area (Å²) in [7, 11) is 0. The van der Waals surface area contributed by atoms with Crippen LogP contribution in [0.4, 0.5) is 0 Å². The number of carbonyl (C=O) groups is 1. The first-order chi connectivity index (χ1) is 9.22. The van der Waals surface area contributed by atoms with Crippen LogP contribution in [-0.4, -0.2) is 10.9 Å². The van der Waals surface area contributed by atoms with E-state index in [0.717, 1.165) is 5.39 Å². The molecular weight excluding hydrogens is 258 g/mol. The van der Waals surface area contributed by atoms with Crippen molar-refractivity contribution in [3.8, 4) is 5.75 Å². The van der Waals surface area contributed by atoms with E-state index < -0.39 is 0 Å². The van der Waals surface area contributed by atoms with E-state index in [-0.39, 0.29) is 11.5 Å². The van der Waals surface area contributed by atoms with Crippen LogP contribution in [-0.2, 0) is 6.54 Å².